The molecule has 0 fully saturated rings. The molecular weight excluding hydrogens is 234 g/mol. The van der Waals surface area contributed by atoms with Crippen LogP contribution in [0.3, 0.4) is 0 Å². The summed E-state index contributed by atoms with van der Waals surface area (Å²) in [6.07, 6.45) is 0. The molecule has 18 heavy (non-hydrogen) atoms. The molecule has 6 heteroatoms. The standard InChI is InChI=1S/C12H23N3O3/c1-11(2,3)17-7-6-16-8-9-14-10(15-18-9)12(4,5)13/h6-8,13H2,1-5H3. The third-order valence-electron chi connectivity index (χ3n) is 2.03. The molecule has 0 radical (unpaired) electrons. The van der Waals surface area contributed by atoms with Gasteiger partial charge in [-0.1, -0.05) is 5.16 Å². The van der Waals surface area contributed by atoms with Crippen LogP contribution < -0.4 is 5.73 Å². The largest absolute Gasteiger partial charge is 0.373 e. The first-order valence-corrected chi connectivity index (χ1v) is 6.02. The molecule has 0 unspecified atom stereocenters. The van der Waals surface area contributed by atoms with E-state index in [-0.39, 0.29) is 12.2 Å². The van der Waals surface area contributed by atoms with Crippen LogP contribution in [0.1, 0.15) is 46.3 Å². The molecule has 1 heterocycles. The number of hydrogen-bond donors (Lipinski definition) is 1. The van der Waals surface area contributed by atoms with E-state index in [4.69, 9.17) is 19.7 Å². The fourth-order valence-electron chi connectivity index (χ4n) is 1.14. The van der Waals surface area contributed by atoms with Crippen molar-refractivity contribution < 1.29 is 14.0 Å². The summed E-state index contributed by atoms with van der Waals surface area (Å²) < 4.78 is 15.9. The van der Waals surface area contributed by atoms with E-state index >= 15 is 0 Å². The lowest BCUT2D eigenvalue weighted by Gasteiger charge is -2.19. The molecule has 6 nitrogen and oxygen atoms in total. The van der Waals surface area contributed by atoms with Gasteiger partial charge in [0.15, 0.2) is 5.82 Å². The van der Waals surface area contributed by atoms with Gasteiger partial charge in [0.25, 0.3) is 5.89 Å². The van der Waals surface area contributed by atoms with Crippen LogP contribution in [0.2, 0.25) is 0 Å². The van der Waals surface area contributed by atoms with Crippen LogP contribution in [0.4, 0.5) is 0 Å². The fourth-order valence-corrected chi connectivity index (χ4v) is 1.14. The van der Waals surface area contributed by atoms with Gasteiger partial charge in [-0.15, -0.1) is 0 Å². The van der Waals surface area contributed by atoms with Gasteiger partial charge in [-0.25, -0.2) is 0 Å². The number of nitrogens with two attached hydrogens (primary N) is 1. The van der Waals surface area contributed by atoms with E-state index in [0.717, 1.165) is 0 Å². The summed E-state index contributed by atoms with van der Waals surface area (Å²) in [5.41, 5.74) is 5.10. The molecule has 0 aliphatic carbocycles. The first-order valence-electron chi connectivity index (χ1n) is 6.02. The molecular formula is C12H23N3O3. The van der Waals surface area contributed by atoms with E-state index in [1.54, 1.807) is 0 Å². The summed E-state index contributed by atoms with van der Waals surface area (Å²) in [4.78, 5) is 4.16. The maximum absolute atomic E-state index is 5.85. The summed E-state index contributed by atoms with van der Waals surface area (Å²) in [5.74, 6) is 0.909. The zero-order valence-electron chi connectivity index (χ0n) is 11.8. The first-order chi connectivity index (χ1) is 8.18. The Bertz CT molecular complexity index is 363. The molecule has 0 aromatic carbocycles. The van der Waals surface area contributed by atoms with Crippen molar-refractivity contribution in [1.29, 1.82) is 0 Å². The maximum atomic E-state index is 5.85. The highest BCUT2D eigenvalue weighted by Gasteiger charge is 2.21. The molecule has 0 atom stereocenters. The normalized spacial score (nSPS) is 13.0. The van der Waals surface area contributed by atoms with E-state index < -0.39 is 5.54 Å². The van der Waals surface area contributed by atoms with Gasteiger partial charge in [0.05, 0.1) is 24.4 Å². The van der Waals surface area contributed by atoms with Crippen LogP contribution >= 0.6 is 0 Å². The van der Waals surface area contributed by atoms with Crippen molar-refractivity contribution in [2.75, 3.05) is 13.2 Å². The lowest BCUT2D eigenvalue weighted by atomic mass is 10.1. The van der Waals surface area contributed by atoms with Crippen molar-refractivity contribution in [1.82, 2.24) is 10.1 Å². The molecule has 0 saturated heterocycles. The van der Waals surface area contributed by atoms with Gasteiger partial charge in [-0.05, 0) is 34.6 Å². The van der Waals surface area contributed by atoms with Crippen LogP contribution in [0, 0.1) is 0 Å². The molecule has 104 valence electrons. The molecule has 1 rings (SSSR count). The van der Waals surface area contributed by atoms with Gasteiger partial charge >= 0.3 is 0 Å². The van der Waals surface area contributed by atoms with Gasteiger partial charge in [0, 0.05) is 0 Å². The summed E-state index contributed by atoms with van der Waals surface area (Å²) in [6.45, 7) is 10.9. The third kappa shape index (κ3) is 5.57. The zero-order valence-corrected chi connectivity index (χ0v) is 11.8. The van der Waals surface area contributed by atoms with Gasteiger partial charge in [-0.2, -0.15) is 4.98 Å². The van der Waals surface area contributed by atoms with Crippen molar-refractivity contribution in [2.45, 2.75) is 52.4 Å². The lowest BCUT2D eigenvalue weighted by Crippen LogP contribution is -2.30. The van der Waals surface area contributed by atoms with Gasteiger partial charge in [0.2, 0.25) is 0 Å². The van der Waals surface area contributed by atoms with Crippen molar-refractivity contribution in [3.05, 3.63) is 11.7 Å². The summed E-state index contributed by atoms with van der Waals surface area (Å²) >= 11 is 0. The molecule has 0 spiro atoms. The first kappa shape index (κ1) is 15.1. The van der Waals surface area contributed by atoms with E-state index in [2.05, 4.69) is 10.1 Å². The Morgan fingerprint density at radius 2 is 1.83 bits per heavy atom. The second-order valence-electron chi connectivity index (χ2n) is 5.75. The summed E-state index contributed by atoms with van der Waals surface area (Å²) in [6, 6.07) is 0. The maximum Gasteiger partial charge on any atom is 0.252 e. The van der Waals surface area contributed by atoms with Crippen LogP contribution in [0.15, 0.2) is 4.52 Å². The molecule has 1 aromatic heterocycles. The Labute approximate surface area is 108 Å². The average Bonchev–Trinajstić information content (AvgIpc) is 2.63. The topological polar surface area (TPSA) is 83.4 Å². The van der Waals surface area contributed by atoms with E-state index in [1.807, 2.05) is 34.6 Å². The average molecular weight is 257 g/mol. The third-order valence-corrected chi connectivity index (χ3v) is 2.03. The minimum atomic E-state index is -0.600. The van der Waals surface area contributed by atoms with Crippen molar-refractivity contribution in [3.8, 4) is 0 Å². The van der Waals surface area contributed by atoms with Crippen molar-refractivity contribution >= 4 is 0 Å². The molecule has 0 amide bonds. The Kier molecular flexibility index (Phi) is 4.84. The van der Waals surface area contributed by atoms with Crippen LogP contribution in [0.5, 0.6) is 0 Å². The number of nitrogens with zero attached hydrogens (tertiary/aromatic N) is 2. The molecule has 2 N–H and O–H groups in total. The van der Waals surface area contributed by atoms with E-state index in [9.17, 15) is 0 Å². The van der Waals surface area contributed by atoms with Gasteiger partial charge < -0.3 is 19.7 Å². The lowest BCUT2D eigenvalue weighted by molar-refractivity contribution is -0.0403. The van der Waals surface area contributed by atoms with Crippen molar-refractivity contribution in [2.24, 2.45) is 5.73 Å². The number of ether oxygens (including phenoxy) is 2. The monoisotopic (exact) mass is 257 g/mol. The van der Waals surface area contributed by atoms with Crippen LogP contribution in [-0.4, -0.2) is 29.0 Å². The molecule has 0 aliphatic rings. The fraction of sp³-hybridized carbons (Fsp3) is 0.833. The second kappa shape index (κ2) is 5.77. The minimum Gasteiger partial charge on any atom is -0.373 e. The van der Waals surface area contributed by atoms with Gasteiger partial charge in [-0.3, -0.25) is 0 Å². The van der Waals surface area contributed by atoms with Gasteiger partial charge in [0.1, 0.15) is 6.61 Å². The highest BCUT2D eigenvalue weighted by atomic mass is 16.5. The number of rotatable bonds is 6. The minimum absolute atomic E-state index is 0.148. The zero-order chi connectivity index (χ0) is 13.8. The van der Waals surface area contributed by atoms with E-state index in [1.165, 1.54) is 0 Å². The Morgan fingerprint density at radius 1 is 1.17 bits per heavy atom. The predicted octanol–water partition coefficient (Wildman–Crippen LogP) is 1.60. The Balaban J connectivity index is 2.26. The molecule has 0 saturated carbocycles. The molecule has 0 aliphatic heterocycles. The predicted molar refractivity (Wildman–Crippen MR) is 66.9 cm³/mol. The quantitative estimate of drug-likeness (QED) is 0.779. The SMILES string of the molecule is CC(C)(C)OCCOCc1nc(C(C)(C)N)no1. The molecule has 0 bridgehead atoms. The number of aromatic nitrogens is 2. The second-order valence-corrected chi connectivity index (χ2v) is 5.75. The Hall–Kier alpha value is -0.980. The smallest absolute Gasteiger partial charge is 0.252 e. The molecule has 1 aromatic rings. The summed E-state index contributed by atoms with van der Waals surface area (Å²) in [7, 11) is 0. The highest BCUT2D eigenvalue weighted by molar-refractivity contribution is 4.98. The van der Waals surface area contributed by atoms with Crippen molar-refractivity contribution in [3.63, 3.8) is 0 Å². The summed E-state index contributed by atoms with van der Waals surface area (Å²) in [5, 5.41) is 3.80. The van der Waals surface area contributed by atoms with E-state index in [0.29, 0.717) is 24.9 Å². The Morgan fingerprint density at radius 3 is 2.33 bits per heavy atom. The van der Waals surface area contributed by atoms with Crippen LogP contribution in [0.25, 0.3) is 0 Å². The highest BCUT2D eigenvalue weighted by Crippen LogP contribution is 2.13. The van der Waals surface area contributed by atoms with Crippen LogP contribution in [-0.2, 0) is 21.6 Å². The number of hydrogen-bond acceptors (Lipinski definition) is 6.